The zero-order chi connectivity index (χ0) is 24.1. The molecular formula is C26H34BrN5O. The second-order valence-electron chi connectivity index (χ2n) is 10.3. The van der Waals surface area contributed by atoms with Crippen molar-refractivity contribution in [1.82, 2.24) is 14.5 Å². The summed E-state index contributed by atoms with van der Waals surface area (Å²) in [6.07, 6.45) is 1.90. The SMILES string of the molecule is Cc1nc(N2CCC(CCN=O)C(C)(C)C2)c2c(C)c(C)n(-c3c(C)cc(Br)cc3C)c2n1. The number of nitrogens with zero attached hydrogens (tertiary/aromatic N) is 5. The maximum Gasteiger partial charge on any atom is 0.150 e. The summed E-state index contributed by atoms with van der Waals surface area (Å²) < 4.78 is 3.40. The zero-order valence-electron chi connectivity index (χ0n) is 20.8. The molecule has 0 radical (unpaired) electrons. The Kier molecular flexibility index (Phi) is 6.38. The van der Waals surface area contributed by atoms with E-state index in [1.807, 2.05) is 6.92 Å². The molecule has 1 saturated heterocycles. The first-order chi connectivity index (χ1) is 15.5. The number of aromatic nitrogens is 3. The molecule has 4 rings (SSSR count). The first kappa shape index (κ1) is 23.9. The molecule has 0 bridgehead atoms. The van der Waals surface area contributed by atoms with Gasteiger partial charge in [-0.25, -0.2) is 9.97 Å². The number of halogens is 1. The highest BCUT2D eigenvalue weighted by Crippen LogP contribution is 2.42. The van der Waals surface area contributed by atoms with Crippen LogP contribution < -0.4 is 4.90 Å². The first-order valence-electron chi connectivity index (χ1n) is 11.7. The summed E-state index contributed by atoms with van der Waals surface area (Å²) in [5, 5.41) is 4.25. The van der Waals surface area contributed by atoms with Crippen LogP contribution in [0.25, 0.3) is 16.7 Å². The predicted molar refractivity (Wildman–Crippen MR) is 140 cm³/mol. The zero-order valence-corrected chi connectivity index (χ0v) is 22.4. The van der Waals surface area contributed by atoms with Gasteiger partial charge in [-0.05, 0) is 87.6 Å². The van der Waals surface area contributed by atoms with E-state index in [0.717, 1.165) is 53.1 Å². The topological polar surface area (TPSA) is 63.4 Å². The lowest BCUT2D eigenvalue weighted by molar-refractivity contribution is 0.167. The molecule has 2 aromatic heterocycles. The lowest BCUT2D eigenvalue weighted by Crippen LogP contribution is -2.46. The fourth-order valence-electron chi connectivity index (χ4n) is 5.63. The van der Waals surface area contributed by atoms with Crippen LogP contribution in [0.2, 0.25) is 0 Å². The lowest BCUT2D eigenvalue weighted by Gasteiger charge is -2.45. The molecule has 1 unspecified atom stereocenters. The quantitative estimate of drug-likeness (QED) is 0.356. The van der Waals surface area contributed by atoms with E-state index in [2.05, 4.69) is 84.2 Å². The van der Waals surface area contributed by atoms with Crippen molar-refractivity contribution in [2.75, 3.05) is 24.5 Å². The van der Waals surface area contributed by atoms with Crippen LogP contribution in [0.1, 0.15) is 54.9 Å². The molecule has 0 saturated carbocycles. The molecule has 0 aliphatic carbocycles. The molecule has 33 heavy (non-hydrogen) atoms. The van der Waals surface area contributed by atoms with E-state index in [9.17, 15) is 4.91 Å². The predicted octanol–water partition coefficient (Wildman–Crippen LogP) is 6.73. The summed E-state index contributed by atoms with van der Waals surface area (Å²) in [7, 11) is 0. The van der Waals surface area contributed by atoms with Crippen molar-refractivity contribution >= 4 is 32.8 Å². The van der Waals surface area contributed by atoms with Crippen LogP contribution in [-0.4, -0.2) is 34.2 Å². The van der Waals surface area contributed by atoms with Gasteiger partial charge in [-0.2, -0.15) is 4.91 Å². The molecule has 6 nitrogen and oxygen atoms in total. The molecule has 1 aliphatic rings. The van der Waals surface area contributed by atoms with Crippen LogP contribution in [0, 0.1) is 50.9 Å². The largest absolute Gasteiger partial charge is 0.355 e. The number of aryl methyl sites for hydroxylation is 4. The number of hydrogen-bond acceptors (Lipinski definition) is 5. The van der Waals surface area contributed by atoms with E-state index < -0.39 is 0 Å². The lowest BCUT2D eigenvalue weighted by atomic mass is 9.72. The number of piperidine rings is 1. The van der Waals surface area contributed by atoms with Crippen molar-refractivity contribution in [3.05, 3.63) is 49.7 Å². The van der Waals surface area contributed by atoms with Crippen molar-refractivity contribution in [1.29, 1.82) is 0 Å². The third kappa shape index (κ3) is 4.20. The highest BCUT2D eigenvalue weighted by molar-refractivity contribution is 9.10. The summed E-state index contributed by atoms with van der Waals surface area (Å²) in [5.74, 6) is 2.31. The van der Waals surface area contributed by atoms with Crippen LogP contribution in [0.15, 0.2) is 21.8 Å². The Hall–Kier alpha value is -2.28. The summed E-state index contributed by atoms with van der Waals surface area (Å²) in [6.45, 7) is 17.5. The Bertz CT molecular complexity index is 1210. The number of nitroso groups, excluding NO2 is 1. The number of anilines is 1. The molecule has 0 N–H and O–H groups in total. The summed E-state index contributed by atoms with van der Waals surface area (Å²) in [5.41, 5.74) is 7.11. The maximum absolute atomic E-state index is 10.7. The summed E-state index contributed by atoms with van der Waals surface area (Å²) in [6, 6.07) is 4.33. The Labute approximate surface area is 204 Å². The van der Waals surface area contributed by atoms with E-state index >= 15 is 0 Å². The molecule has 1 aliphatic heterocycles. The number of hydrogen-bond donors (Lipinski definition) is 0. The van der Waals surface area contributed by atoms with Gasteiger partial charge < -0.3 is 4.90 Å². The number of fused-ring (bicyclic) bond motifs is 1. The second kappa shape index (κ2) is 8.82. The van der Waals surface area contributed by atoms with Gasteiger partial charge in [0.05, 0.1) is 17.6 Å². The molecule has 1 fully saturated rings. The van der Waals surface area contributed by atoms with E-state index in [1.54, 1.807) is 0 Å². The van der Waals surface area contributed by atoms with Gasteiger partial charge in [-0.3, -0.25) is 4.57 Å². The molecule has 0 spiro atoms. The van der Waals surface area contributed by atoms with Crippen LogP contribution in [0.3, 0.4) is 0 Å². The van der Waals surface area contributed by atoms with Crippen LogP contribution in [0.4, 0.5) is 5.82 Å². The highest BCUT2D eigenvalue weighted by atomic mass is 79.9. The van der Waals surface area contributed by atoms with Gasteiger partial charge >= 0.3 is 0 Å². The number of benzene rings is 1. The van der Waals surface area contributed by atoms with Gasteiger partial charge in [0.25, 0.3) is 0 Å². The molecule has 3 aromatic rings. The normalized spacial score (nSPS) is 18.2. The third-order valence-corrected chi connectivity index (χ3v) is 7.90. The number of rotatable bonds is 5. The molecular weight excluding hydrogens is 478 g/mol. The summed E-state index contributed by atoms with van der Waals surface area (Å²) in [4.78, 5) is 23.1. The van der Waals surface area contributed by atoms with E-state index in [4.69, 9.17) is 9.97 Å². The van der Waals surface area contributed by atoms with Crippen molar-refractivity contribution < 1.29 is 0 Å². The van der Waals surface area contributed by atoms with Gasteiger partial charge in [-0.1, -0.05) is 35.0 Å². The van der Waals surface area contributed by atoms with Crippen LogP contribution in [0.5, 0.6) is 0 Å². The van der Waals surface area contributed by atoms with Gasteiger partial charge in [0.1, 0.15) is 11.6 Å². The van der Waals surface area contributed by atoms with Gasteiger partial charge in [0.15, 0.2) is 5.65 Å². The van der Waals surface area contributed by atoms with Gasteiger partial charge in [0, 0.05) is 23.3 Å². The maximum atomic E-state index is 10.7. The van der Waals surface area contributed by atoms with Gasteiger partial charge in [0.2, 0.25) is 0 Å². The fraction of sp³-hybridized carbons (Fsp3) is 0.538. The second-order valence-corrected chi connectivity index (χ2v) is 11.2. The standard InChI is InChI=1S/C26H34BrN5O/c1-15-12-21(27)13-16(2)23(15)32-18(4)17(3)22-24(29-19(5)30-25(22)32)31-11-9-20(8-10-28-33)26(6,7)14-31/h12-13,20H,8-11,14H2,1-7H3. The minimum Gasteiger partial charge on any atom is -0.355 e. The van der Waals surface area contributed by atoms with E-state index in [1.165, 1.54) is 28.1 Å². The van der Waals surface area contributed by atoms with E-state index in [0.29, 0.717) is 12.5 Å². The fourth-order valence-corrected chi connectivity index (χ4v) is 6.32. The van der Waals surface area contributed by atoms with E-state index in [-0.39, 0.29) is 5.41 Å². The molecule has 1 aromatic carbocycles. The Balaban J connectivity index is 1.87. The first-order valence-corrected chi connectivity index (χ1v) is 12.5. The third-order valence-electron chi connectivity index (χ3n) is 7.45. The molecule has 0 amide bonds. The Morgan fingerprint density at radius 2 is 1.79 bits per heavy atom. The molecule has 3 heterocycles. The van der Waals surface area contributed by atoms with Crippen molar-refractivity contribution in [2.45, 2.75) is 61.3 Å². The molecule has 7 heteroatoms. The summed E-state index contributed by atoms with van der Waals surface area (Å²) >= 11 is 3.63. The highest BCUT2D eigenvalue weighted by Gasteiger charge is 2.37. The van der Waals surface area contributed by atoms with Crippen LogP contribution in [-0.2, 0) is 0 Å². The van der Waals surface area contributed by atoms with Gasteiger partial charge in [-0.15, -0.1) is 0 Å². The average Bonchev–Trinajstić information content (AvgIpc) is 2.96. The smallest absolute Gasteiger partial charge is 0.150 e. The van der Waals surface area contributed by atoms with Crippen molar-refractivity contribution in [3.8, 4) is 5.69 Å². The van der Waals surface area contributed by atoms with Crippen molar-refractivity contribution in [3.63, 3.8) is 0 Å². The Morgan fingerprint density at radius 3 is 2.39 bits per heavy atom. The Morgan fingerprint density at radius 1 is 1.12 bits per heavy atom. The average molecular weight is 512 g/mol. The monoisotopic (exact) mass is 511 g/mol. The minimum absolute atomic E-state index is 0.0819. The minimum atomic E-state index is 0.0819. The van der Waals surface area contributed by atoms with Crippen LogP contribution >= 0.6 is 15.9 Å². The molecule has 1 atom stereocenters. The molecule has 176 valence electrons. The van der Waals surface area contributed by atoms with Crippen molar-refractivity contribution in [2.24, 2.45) is 16.5 Å².